The van der Waals surface area contributed by atoms with Crippen LogP contribution in [-0.4, -0.2) is 40.0 Å². The Morgan fingerprint density at radius 3 is 2.77 bits per heavy atom. The fraction of sp³-hybridized carbons (Fsp3) is 0.526. The molecule has 1 saturated heterocycles. The molecule has 0 spiro atoms. The second-order valence-corrected chi connectivity index (χ2v) is 7.95. The Morgan fingerprint density at radius 1 is 1.27 bits per heavy atom. The van der Waals surface area contributed by atoms with Crippen molar-refractivity contribution < 1.29 is 19.1 Å². The fourth-order valence-corrected chi connectivity index (χ4v) is 4.24. The lowest BCUT2D eigenvalue weighted by Crippen LogP contribution is -2.36. The molecule has 1 unspecified atom stereocenters. The minimum atomic E-state index is -0.682. The first-order valence-corrected chi connectivity index (χ1v) is 9.93. The van der Waals surface area contributed by atoms with E-state index in [2.05, 4.69) is 5.32 Å². The van der Waals surface area contributed by atoms with Crippen molar-refractivity contribution in [2.45, 2.75) is 56.8 Å². The Hall–Kier alpha value is -2.02. The number of anilines is 1. The van der Waals surface area contributed by atoms with Crippen LogP contribution in [0.4, 0.5) is 10.5 Å². The summed E-state index contributed by atoms with van der Waals surface area (Å²) in [5.41, 5.74) is 1.93. The van der Waals surface area contributed by atoms with E-state index in [-0.39, 0.29) is 36.3 Å². The number of hydrogen-bond donors (Lipinski definition) is 1. The number of rotatable bonds is 6. The molecule has 0 bridgehead atoms. The highest BCUT2D eigenvalue weighted by molar-refractivity contribution is 8.15. The highest BCUT2D eigenvalue weighted by Crippen LogP contribution is 2.30. The number of aryl methyl sites for hydroxylation is 1. The smallest absolute Gasteiger partial charge is 0.307 e. The molecule has 26 heavy (non-hydrogen) atoms. The van der Waals surface area contributed by atoms with E-state index in [1.165, 1.54) is 6.42 Å². The van der Waals surface area contributed by atoms with E-state index < -0.39 is 5.25 Å². The Labute approximate surface area is 157 Å². The Bertz CT molecular complexity index is 688. The van der Waals surface area contributed by atoms with Crippen molar-refractivity contribution in [2.75, 3.05) is 12.0 Å². The quantitative estimate of drug-likeness (QED) is 0.763. The van der Waals surface area contributed by atoms with Gasteiger partial charge in [-0.25, -0.2) is 0 Å². The number of hydrogen-bond acceptors (Lipinski definition) is 6. The molecule has 7 heteroatoms. The maximum atomic E-state index is 12.5. The predicted octanol–water partition coefficient (Wildman–Crippen LogP) is 3.69. The van der Waals surface area contributed by atoms with E-state index in [0.717, 1.165) is 53.6 Å². The maximum Gasteiger partial charge on any atom is 0.307 e. The second kappa shape index (κ2) is 8.58. The number of thioether (sulfide) groups is 1. The lowest BCUT2D eigenvalue weighted by Gasteiger charge is -2.22. The maximum absolute atomic E-state index is 12.5. The average Bonchev–Trinajstić information content (AvgIpc) is 2.87. The predicted molar refractivity (Wildman–Crippen MR) is 101 cm³/mol. The molecule has 0 radical (unpaired) electrons. The van der Waals surface area contributed by atoms with Gasteiger partial charge in [0.05, 0.1) is 13.1 Å². The Morgan fingerprint density at radius 2 is 2.04 bits per heavy atom. The van der Waals surface area contributed by atoms with Crippen molar-refractivity contribution in [3.63, 3.8) is 0 Å². The minimum absolute atomic E-state index is 0.0347. The number of nitrogens with zero attached hydrogens (tertiary/aromatic N) is 1. The van der Waals surface area contributed by atoms with Gasteiger partial charge in [0.15, 0.2) is 0 Å². The van der Waals surface area contributed by atoms with Crippen LogP contribution in [-0.2, 0) is 14.3 Å². The summed E-state index contributed by atoms with van der Waals surface area (Å²) in [6.07, 6.45) is 5.03. The number of carbonyl (C=O) groups excluding carboxylic acids is 3. The molecular formula is C19H24N2O4S. The summed E-state index contributed by atoms with van der Waals surface area (Å²) in [7, 11) is 0. The van der Waals surface area contributed by atoms with Crippen LogP contribution in [0.15, 0.2) is 24.3 Å². The summed E-state index contributed by atoms with van der Waals surface area (Å²) in [5.74, 6) is -0.718. The van der Waals surface area contributed by atoms with Gasteiger partial charge in [-0.2, -0.15) is 0 Å². The molecule has 2 amide bonds. The fourth-order valence-electron chi connectivity index (χ4n) is 3.26. The molecule has 1 heterocycles. The van der Waals surface area contributed by atoms with Gasteiger partial charge in [0.25, 0.3) is 5.24 Å². The minimum Gasteiger partial charge on any atom is -0.462 e. The summed E-state index contributed by atoms with van der Waals surface area (Å²) in [6.45, 7) is 2.07. The molecule has 3 rings (SSSR count). The SMILES string of the molecule is Cc1cccc(NCN2C(=O)SC(CC(=O)OC3CCCCC3)C2=O)c1. The van der Waals surface area contributed by atoms with E-state index >= 15 is 0 Å². The molecule has 1 aliphatic heterocycles. The van der Waals surface area contributed by atoms with Crippen LogP contribution >= 0.6 is 11.8 Å². The third kappa shape index (κ3) is 4.78. The van der Waals surface area contributed by atoms with Gasteiger partial charge in [0, 0.05) is 5.69 Å². The number of nitrogens with one attached hydrogen (secondary N) is 1. The van der Waals surface area contributed by atoms with Crippen LogP contribution < -0.4 is 5.32 Å². The van der Waals surface area contributed by atoms with Crippen LogP contribution in [0.1, 0.15) is 44.1 Å². The molecule has 1 aromatic carbocycles. The largest absolute Gasteiger partial charge is 0.462 e. The Kier molecular flexibility index (Phi) is 6.19. The third-order valence-corrected chi connectivity index (χ3v) is 5.74. The van der Waals surface area contributed by atoms with E-state index in [1.54, 1.807) is 0 Å². The van der Waals surface area contributed by atoms with Gasteiger partial charge in [-0.1, -0.05) is 30.3 Å². The third-order valence-electron chi connectivity index (χ3n) is 4.67. The summed E-state index contributed by atoms with van der Waals surface area (Å²) in [4.78, 5) is 37.9. The second-order valence-electron chi connectivity index (χ2n) is 6.80. The van der Waals surface area contributed by atoms with E-state index in [4.69, 9.17) is 4.74 Å². The monoisotopic (exact) mass is 376 g/mol. The average molecular weight is 376 g/mol. The summed E-state index contributed by atoms with van der Waals surface area (Å²) in [6, 6.07) is 7.70. The standard InChI is InChI=1S/C19H24N2O4S/c1-13-6-5-7-14(10-13)20-12-21-18(23)16(26-19(21)24)11-17(22)25-15-8-3-2-4-9-15/h5-7,10,15-16,20H,2-4,8-9,11-12H2,1H3. The van der Waals surface area contributed by atoms with Crippen LogP contribution in [0.2, 0.25) is 0 Å². The first-order valence-electron chi connectivity index (χ1n) is 9.05. The Balaban J connectivity index is 1.50. The van der Waals surface area contributed by atoms with Crippen LogP contribution in [0.25, 0.3) is 0 Å². The van der Waals surface area contributed by atoms with Gasteiger partial charge in [0.1, 0.15) is 11.4 Å². The molecular weight excluding hydrogens is 352 g/mol. The lowest BCUT2D eigenvalue weighted by molar-refractivity contribution is -0.151. The summed E-state index contributed by atoms with van der Waals surface area (Å²) < 4.78 is 5.46. The zero-order valence-electron chi connectivity index (χ0n) is 14.9. The van der Waals surface area contributed by atoms with Gasteiger partial charge >= 0.3 is 5.97 Å². The zero-order valence-corrected chi connectivity index (χ0v) is 15.7. The molecule has 1 N–H and O–H groups in total. The van der Waals surface area contributed by atoms with Gasteiger partial charge in [-0.3, -0.25) is 19.3 Å². The molecule has 1 saturated carbocycles. The van der Waals surface area contributed by atoms with Crippen molar-refractivity contribution >= 4 is 34.6 Å². The van der Waals surface area contributed by atoms with E-state index in [0.29, 0.717) is 0 Å². The molecule has 0 aromatic heterocycles. The highest BCUT2D eigenvalue weighted by atomic mass is 32.2. The summed E-state index contributed by atoms with van der Waals surface area (Å²) >= 11 is 0.907. The number of imide groups is 1. The van der Waals surface area contributed by atoms with Crippen molar-refractivity contribution in [1.82, 2.24) is 4.90 Å². The van der Waals surface area contributed by atoms with Gasteiger partial charge in [-0.05, 0) is 50.3 Å². The first-order chi connectivity index (χ1) is 12.5. The molecule has 2 fully saturated rings. The van der Waals surface area contributed by atoms with Crippen molar-refractivity contribution in [3.05, 3.63) is 29.8 Å². The molecule has 1 aliphatic carbocycles. The number of esters is 1. The lowest BCUT2D eigenvalue weighted by atomic mass is 9.98. The van der Waals surface area contributed by atoms with Crippen LogP contribution in [0.5, 0.6) is 0 Å². The molecule has 140 valence electrons. The molecule has 6 nitrogen and oxygen atoms in total. The topological polar surface area (TPSA) is 75.7 Å². The highest BCUT2D eigenvalue weighted by Gasteiger charge is 2.41. The molecule has 1 atom stereocenters. The number of ether oxygens (including phenoxy) is 1. The molecule has 1 aromatic rings. The van der Waals surface area contributed by atoms with Gasteiger partial charge in [-0.15, -0.1) is 0 Å². The number of benzene rings is 1. The van der Waals surface area contributed by atoms with Crippen LogP contribution in [0, 0.1) is 6.92 Å². The number of carbonyl (C=O) groups is 3. The number of amides is 2. The summed E-state index contributed by atoms with van der Waals surface area (Å²) in [5, 5.41) is 2.07. The molecule has 2 aliphatic rings. The zero-order chi connectivity index (χ0) is 18.5. The van der Waals surface area contributed by atoms with E-state index in [1.807, 2.05) is 31.2 Å². The normalized spacial score (nSPS) is 21.1. The van der Waals surface area contributed by atoms with Crippen molar-refractivity contribution in [1.29, 1.82) is 0 Å². The van der Waals surface area contributed by atoms with E-state index in [9.17, 15) is 14.4 Å². The van der Waals surface area contributed by atoms with Crippen LogP contribution in [0.3, 0.4) is 0 Å². The first kappa shape index (κ1) is 18.8. The van der Waals surface area contributed by atoms with Crippen molar-refractivity contribution in [3.8, 4) is 0 Å². The van der Waals surface area contributed by atoms with Gasteiger partial charge < -0.3 is 10.1 Å². The van der Waals surface area contributed by atoms with Crippen molar-refractivity contribution in [2.24, 2.45) is 0 Å². The van der Waals surface area contributed by atoms with Gasteiger partial charge in [0.2, 0.25) is 5.91 Å².